The molecule has 2 atom stereocenters. The van der Waals surface area contributed by atoms with E-state index >= 15 is 0 Å². The molecule has 2 aromatic heterocycles. The largest absolute Gasteiger partial charge is 0.376 e. The van der Waals surface area contributed by atoms with Crippen molar-refractivity contribution in [1.29, 1.82) is 0 Å². The van der Waals surface area contributed by atoms with Crippen LogP contribution in [0.1, 0.15) is 25.3 Å². The molecule has 2 aliphatic heterocycles. The summed E-state index contributed by atoms with van der Waals surface area (Å²) in [6.45, 7) is 4.18. The van der Waals surface area contributed by atoms with E-state index in [-0.39, 0.29) is 23.1 Å². The number of fused-ring (bicyclic) bond motifs is 1. The third-order valence-electron chi connectivity index (χ3n) is 6.99. The number of hydrogen-bond acceptors (Lipinski definition) is 6. The summed E-state index contributed by atoms with van der Waals surface area (Å²) in [5, 5.41) is 7.74. The van der Waals surface area contributed by atoms with Crippen LogP contribution in [0.15, 0.2) is 29.3 Å². The van der Waals surface area contributed by atoms with Gasteiger partial charge in [-0.05, 0) is 25.8 Å². The minimum Gasteiger partial charge on any atom is -0.376 e. The average molecular weight is 453 g/mol. The normalized spacial score (nSPS) is 22.5. The molecule has 8 nitrogen and oxygen atoms in total. The van der Waals surface area contributed by atoms with E-state index in [9.17, 15) is 4.79 Å². The van der Waals surface area contributed by atoms with E-state index in [0.717, 1.165) is 25.9 Å². The number of nitrogens with two attached hydrogens (primary N) is 1. The highest BCUT2D eigenvalue weighted by Gasteiger charge is 2.48. The van der Waals surface area contributed by atoms with Crippen LogP contribution in [0.4, 0.5) is 0 Å². The van der Waals surface area contributed by atoms with Crippen LogP contribution >= 0.6 is 11.6 Å². The summed E-state index contributed by atoms with van der Waals surface area (Å²) >= 11 is 6.58. The molecule has 2 N–H and O–H groups in total. The zero-order valence-corrected chi connectivity index (χ0v) is 18.8. The second kappa shape index (κ2) is 7.62. The third kappa shape index (κ3) is 3.04. The smallest absolute Gasteiger partial charge is 0.264 e. The van der Waals surface area contributed by atoms with E-state index in [1.807, 2.05) is 19.1 Å². The number of aromatic nitrogens is 4. The van der Waals surface area contributed by atoms with Gasteiger partial charge in [0.15, 0.2) is 5.65 Å². The van der Waals surface area contributed by atoms with Crippen molar-refractivity contribution in [1.82, 2.24) is 19.4 Å². The summed E-state index contributed by atoms with van der Waals surface area (Å²) in [4.78, 5) is 19.4. The molecule has 0 aliphatic carbocycles. The molecule has 9 heteroatoms. The standard InChI is InChI=1S/C23H25ClN6O2/c1-4-15-6-5-7-16(18(15)24)19-17-21(26-13-28(3)22(17)31)30(27-19)29-10-8-23(9-11-29)12-32-14(2)20(23)25/h1,5-7,13-14,20H,8-12,25H2,2-3H3/t14-,20+/m0/s1. The Hall–Kier alpha value is -2.86. The first-order valence-electron chi connectivity index (χ1n) is 10.7. The van der Waals surface area contributed by atoms with Crippen LogP contribution in [0.2, 0.25) is 5.02 Å². The van der Waals surface area contributed by atoms with Gasteiger partial charge in [0.2, 0.25) is 0 Å². The van der Waals surface area contributed by atoms with Gasteiger partial charge in [-0.3, -0.25) is 9.80 Å². The quantitative estimate of drug-likeness (QED) is 0.597. The zero-order chi connectivity index (χ0) is 22.6. The number of aryl methyl sites for hydroxylation is 1. The number of halogens is 1. The van der Waals surface area contributed by atoms with E-state index in [1.165, 1.54) is 10.9 Å². The number of ether oxygens (including phenoxy) is 1. The fraction of sp³-hybridized carbons (Fsp3) is 0.435. The van der Waals surface area contributed by atoms with Gasteiger partial charge in [-0.2, -0.15) is 4.79 Å². The first-order valence-corrected chi connectivity index (χ1v) is 11.1. The maximum absolute atomic E-state index is 13.1. The van der Waals surface area contributed by atoms with E-state index in [2.05, 4.69) is 15.9 Å². The number of benzene rings is 1. The summed E-state index contributed by atoms with van der Waals surface area (Å²) in [5.74, 6) is 2.59. The Morgan fingerprint density at radius 1 is 1.34 bits per heavy atom. The molecular formula is C23H25ClN6O2. The van der Waals surface area contributed by atoms with Crippen LogP contribution < -0.4 is 16.3 Å². The maximum atomic E-state index is 13.1. The predicted molar refractivity (Wildman–Crippen MR) is 124 cm³/mol. The van der Waals surface area contributed by atoms with Crippen LogP contribution in [0.25, 0.3) is 22.3 Å². The van der Waals surface area contributed by atoms with Crippen molar-refractivity contribution in [2.45, 2.75) is 31.9 Å². The van der Waals surface area contributed by atoms with Crippen molar-refractivity contribution in [3.8, 4) is 23.6 Å². The summed E-state index contributed by atoms with van der Waals surface area (Å²) in [5.41, 5.74) is 8.41. The van der Waals surface area contributed by atoms with Gasteiger partial charge < -0.3 is 15.0 Å². The van der Waals surface area contributed by atoms with Gasteiger partial charge in [-0.15, -0.1) is 11.5 Å². The Morgan fingerprint density at radius 2 is 2.09 bits per heavy atom. The molecule has 32 heavy (non-hydrogen) atoms. The highest BCUT2D eigenvalue weighted by Crippen LogP contribution is 2.41. The molecule has 1 aromatic carbocycles. The van der Waals surface area contributed by atoms with Gasteiger partial charge in [0.05, 0.1) is 24.1 Å². The van der Waals surface area contributed by atoms with Crippen molar-refractivity contribution in [3.63, 3.8) is 0 Å². The maximum Gasteiger partial charge on any atom is 0.264 e. The number of nitrogens with zero attached hydrogens (tertiary/aromatic N) is 5. The van der Waals surface area contributed by atoms with E-state index in [1.54, 1.807) is 17.9 Å². The molecule has 2 fully saturated rings. The highest BCUT2D eigenvalue weighted by atomic mass is 35.5. The summed E-state index contributed by atoms with van der Waals surface area (Å²) in [6.07, 6.45) is 8.94. The fourth-order valence-corrected chi connectivity index (χ4v) is 5.17. The Bertz CT molecular complexity index is 1300. The first-order chi connectivity index (χ1) is 15.4. The SMILES string of the molecule is C#Cc1cccc(-c2nn(N3CCC4(CC3)CO[C@@H](C)[C@H]4N)c3ncn(C)c(=O)c23)c1Cl. The lowest BCUT2D eigenvalue weighted by atomic mass is 9.74. The second-order valence-electron chi connectivity index (χ2n) is 8.77. The lowest BCUT2D eigenvalue weighted by Gasteiger charge is -2.41. The Morgan fingerprint density at radius 3 is 2.75 bits per heavy atom. The van der Waals surface area contributed by atoms with Gasteiger partial charge in [0.25, 0.3) is 5.56 Å². The molecule has 0 saturated carbocycles. The van der Waals surface area contributed by atoms with Crippen molar-refractivity contribution < 1.29 is 4.74 Å². The molecule has 0 unspecified atom stereocenters. The lowest BCUT2D eigenvalue weighted by molar-refractivity contribution is 0.0953. The molecule has 0 bridgehead atoms. The molecule has 4 heterocycles. The minimum atomic E-state index is -0.188. The average Bonchev–Trinajstić information content (AvgIpc) is 3.31. The van der Waals surface area contributed by atoms with Crippen LogP contribution in [-0.4, -0.2) is 51.3 Å². The Kier molecular flexibility index (Phi) is 5.01. The monoisotopic (exact) mass is 452 g/mol. The van der Waals surface area contributed by atoms with Gasteiger partial charge in [-0.1, -0.05) is 29.7 Å². The first kappa shape index (κ1) is 21.0. The molecule has 0 amide bonds. The van der Waals surface area contributed by atoms with E-state index < -0.39 is 0 Å². The minimum absolute atomic E-state index is 0.0182. The number of piperidine rings is 1. The Balaban J connectivity index is 1.60. The zero-order valence-electron chi connectivity index (χ0n) is 18.1. The van der Waals surface area contributed by atoms with Crippen molar-refractivity contribution in [2.24, 2.45) is 18.2 Å². The second-order valence-corrected chi connectivity index (χ2v) is 9.14. The molecule has 2 saturated heterocycles. The number of hydrogen-bond donors (Lipinski definition) is 1. The Labute approximate surface area is 190 Å². The van der Waals surface area contributed by atoms with Crippen LogP contribution in [0.5, 0.6) is 0 Å². The molecule has 0 radical (unpaired) electrons. The summed E-state index contributed by atoms with van der Waals surface area (Å²) in [7, 11) is 1.67. The topological polar surface area (TPSA) is 91.2 Å². The lowest BCUT2D eigenvalue weighted by Crippen LogP contribution is -2.53. The van der Waals surface area contributed by atoms with Crippen LogP contribution in [0.3, 0.4) is 0 Å². The van der Waals surface area contributed by atoms with Crippen LogP contribution in [0, 0.1) is 17.8 Å². The summed E-state index contributed by atoms with van der Waals surface area (Å²) < 4.78 is 7.28. The van der Waals surface area contributed by atoms with Gasteiger partial charge in [0, 0.05) is 42.7 Å². The van der Waals surface area contributed by atoms with Crippen LogP contribution in [-0.2, 0) is 11.8 Å². The summed E-state index contributed by atoms with van der Waals surface area (Å²) in [6, 6.07) is 5.42. The predicted octanol–water partition coefficient (Wildman–Crippen LogP) is 1.90. The van der Waals surface area contributed by atoms with Gasteiger partial charge >= 0.3 is 0 Å². The molecule has 2 aliphatic rings. The number of terminal acetylenes is 1. The van der Waals surface area contributed by atoms with Crippen molar-refractivity contribution >= 4 is 22.6 Å². The van der Waals surface area contributed by atoms with Gasteiger partial charge in [-0.25, -0.2) is 4.98 Å². The van der Waals surface area contributed by atoms with Crippen molar-refractivity contribution in [2.75, 3.05) is 24.7 Å². The molecule has 3 aromatic rings. The van der Waals surface area contributed by atoms with E-state index in [0.29, 0.717) is 39.5 Å². The van der Waals surface area contributed by atoms with E-state index in [4.69, 9.17) is 33.6 Å². The fourth-order valence-electron chi connectivity index (χ4n) is 4.90. The molecular weight excluding hydrogens is 428 g/mol. The third-order valence-corrected chi connectivity index (χ3v) is 7.40. The number of rotatable bonds is 2. The van der Waals surface area contributed by atoms with Gasteiger partial charge in [0.1, 0.15) is 11.1 Å². The molecule has 1 spiro atoms. The highest BCUT2D eigenvalue weighted by molar-refractivity contribution is 6.34. The molecule has 5 rings (SSSR count). The molecule has 166 valence electrons. The van der Waals surface area contributed by atoms with Crippen molar-refractivity contribution in [3.05, 3.63) is 45.5 Å².